The number of carbonyl (C=O) groups excluding carboxylic acids is 1. The van der Waals surface area contributed by atoms with Crippen molar-refractivity contribution in [3.8, 4) is 0 Å². The largest absolute Gasteiger partial charge is 0.450 e. The first-order valence-corrected chi connectivity index (χ1v) is 10.0. The van der Waals surface area contributed by atoms with Gasteiger partial charge in [-0.05, 0) is 42.2 Å². The molecule has 3 aromatic carbocycles. The highest BCUT2D eigenvalue weighted by atomic mass is 16.3. The molecule has 5 rings (SSSR count). The number of aryl methyl sites for hydroxylation is 2. The van der Waals surface area contributed by atoms with E-state index < -0.39 is 6.04 Å². The highest BCUT2D eigenvalue weighted by Crippen LogP contribution is 2.39. The Morgan fingerprint density at radius 1 is 0.900 bits per heavy atom. The Bertz CT molecular complexity index is 1320. The molecule has 0 bridgehead atoms. The summed E-state index contributed by atoms with van der Waals surface area (Å²) in [5, 5.41) is 0.529. The second-order valence-electron chi connectivity index (χ2n) is 7.86. The number of benzene rings is 3. The number of hydrogen-bond donors (Lipinski definition) is 0. The zero-order chi connectivity index (χ0) is 20.8. The second-order valence-corrected chi connectivity index (χ2v) is 7.86. The molecule has 30 heavy (non-hydrogen) atoms. The fourth-order valence-electron chi connectivity index (χ4n) is 4.40. The van der Waals surface area contributed by atoms with Crippen molar-refractivity contribution in [2.45, 2.75) is 26.4 Å². The van der Waals surface area contributed by atoms with Gasteiger partial charge in [0.05, 0.1) is 17.0 Å². The quantitative estimate of drug-likeness (QED) is 0.482. The van der Waals surface area contributed by atoms with Crippen molar-refractivity contribution in [2.75, 3.05) is 0 Å². The van der Waals surface area contributed by atoms with Crippen LogP contribution in [0.5, 0.6) is 0 Å². The molecule has 1 aromatic heterocycles. The van der Waals surface area contributed by atoms with Crippen LogP contribution in [-0.4, -0.2) is 10.8 Å². The van der Waals surface area contributed by atoms with Gasteiger partial charge in [-0.25, -0.2) is 0 Å². The first-order valence-electron chi connectivity index (χ1n) is 10.0. The van der Waals surface area contributed by atoms with Crippen LogP contribution in [-0.2, 0) is 6.54 Å². The van der Waals surface area contributed by atoms with Crippen molar-refractivity contribution >= 4 is 16.9 Å². The van der Waals surface area contributed by atoms with Gasteiger partial charge in [-0.2, -0.15) is 0 Å². The fourth-order valence-corrected chi connectivity index (χ4v) is 4.40. The van der Waals surface area contributed by atoms with Crippen molar-refractivity contribution in [1.29, 1.82) is 0 Å². The van der Waals surface area contributed by atoms with Crippen LogP contribution in [0.2, 0.25) is 0 Å². The van der Waals surface area contributed by atoms with E-state index in [0.717, 1.165) is 22.3 Å². The third kappa shape index (κ3) is 2.84. The fraction of sp³-hybridized carbons (Fsp3) is 0.154. The summed E-state index contributed by atoms with van der Waals surface area (Å²) < 4.78 is 6.11. The van der Waals surface area contributed by atoms with E-state index in [1.165, 1.54) is 0 Å². The molecular formula is C26H21NO3. The molecule has 4 aromatic rings. The Balaban J connectivity index is 1.76. The summed E-state index contributed by atoms with van der Waals surface area (Å²) in [5.74, 6) is -0.0917. The molecule has 2 heterocycles. The van der Waals surface area contributed by atoms with Gasteiger partial charge in [0.2, 0.25) is 5.76 Å². The molecule has 0 N–H and O–H groups in total. The summed E-state index contributed by atoms with van der Waals surface area (Å²) in [6.45, 7) is 4.26. The summed E-state index contributed by atoms with van der Waals surface area (Å²) in [6, 6.07) is 22.8. The van der Waals surface area contributed by atoms with Crippen LogP contribution in [0, 0.1) is 13.8 Å². The van der Waals surface area contributed by atoms with Gasteiger partial charge in [0.25, 0.3) is 5.91 Å². The molecule has 1 aliphatic heterocycles. The predicted octanol–water partition coefficient (Wildman–Crippen LogP) is 5.16. The number of fused-ring (bicyclic) bond motifs is 2. The molecular weight excluding hydrogens is 374 g/mol. The molecule has 1 atom stereocenters. The molecule has 4 heteroatoms. The third-order valence-corrected chi connectivity index (χ3v) is 5.71. The topological polar surface area (TPSA) is 50.5 Å². The van der Waals surface area contributed by atoms with Crippen molar-refractivity contribution in [3.05, 3.63) is 117 Å². The maximum absolute atomic E-state index is 13.6. The second kappa shape index (κ2) is 6.99. The predicted molar refractivity (Wildman–Crippen MR) is 117 cm³/mol. The average molecular weight is 395 g/mol. The lowest BCUT2D eigenvalue weighted by molar-refractivity contribution is 0.0714. The lowest BCUT2D eigenvalue weighted by Gasteiger charge is -2.25. The van der Waals surface area contributed by atoms with Gasteiger partial charge in [0.1, 0.15) is 5.58 Å². The molecule has 0 fully saturated rings. The maximum atomic E-state index is 13.6. The van der Waals surface area contributed by atoms with Crippen molar-refractivity contribution < 1.29 is 9.21 Å². The molecule has 4 nitrogen and oxygen atoms in total. The van der Waals surface area contributed by atoms with Gasteiger partial charge < -0.3 is 9.32 Å². The number of amides is 1. The van der Waals surface area contributed by atoms with Crippen molar-refractivity contribution in [3.63, 3.8) is 0 Å². The van der Waals surface area contributed by atoms with Crippen LogP contribution < -0.4 is 5.43 Å². The zero-order valence-electron chi connectivity index (χ0n) is 16.9. The van der Waals surface area contributed by atoms with E-state index >= 15 is 0 Å². The number of nitrogens with zero attached hydrogens (tertiary/aromatic N) is 1. The summed E-state index contributed by atoms with van der Waals surface area (Å²) in [4.78, 5) is 28.8. The lowest BCUT2D eigenvalue weighted by atomic mass is 9.97. The monoisotopic (exact) mass is 395 g/mol. The van der Waals surface area contributed by atoms with Crippen LogP contribution in [0.25, 0.3) is 11.0 Å². The van der Waals surface area contributed by atoms with E-state index in [1.54, 1.807) is 4.90 Å². The third-order valence-electron chi connectivity index (χ3n) is 5.71. The standard InChI is InChI=1S/C26H21NO3/c1-16-13-17(2)24-20(14-16)23(28)21-22(19-11-7-4-8-12-19)27(26(29)25(21)30-24)15-18-9-5-3-6-10-18/h3-14,22H,15H2,1-2H3. The molecule has 148 valence electrons. The number of hydrogen-bond acceptors (Lipinski definition) is 3. The van der Waals surface area contributed by atoms with Gasteiger partial charge >= 0.3 is 0 Å². The highest BCUT2D eigenvalue weighted by molar-refractivity contribution is 5.99. The minimum Gasteiger partial charge on any atom is -0.450 e. The summed E-state index contributed by atoms with van der Waals surface area (Å²) in [5.41, 5.74) is 4.55. The molecule has 1 unspecified atom stereocenters. The number of carbonyl (C=O) groups is 1. The van der Waals surface area contributed by atoms with E-state index in [0.29, 0.717) is 23.1 Å². The van der Waals surface area contributed by atoms with Gasteiger partial charge in [0.15, 0.2) is 5.43 Å². The Morgan fingerprint density at radius 3 is 2.27 bits per heavy atom. The maximum Gasteiger partial charge on any atom is 0.291 e. The lowest BCUT2D eigenvalue weighted by Crippen LogP contribution is -2.29. The Kier molecular flexibility index (Phi) is 4.28. The normalized spacial score (nSPS) is 15.6. The van der Waals surface area contributed by atoms with Gasteiger partial charge in [-0.1, -0.05) is 66.7 Å². The summed E-state index contributed by atoms with van der Waals surface area (Å²) in [7, 11) is 0. The van der Waals surface area contributed by atoms with Gasteiger partial charge in [-0.3, -0.25) is 9.59 Å². The molecule has 1 aliphatic rings. The first kappa shape index (κ1) is 18.4. The Hall–Kier alpha value is -3.66. The molecule has 0 saturated carbocycles. The minimum absolute atomic E-state index is 0.129. The van der Waals surface area contributed by atoms with Crippen LogP contribution in [0.3, 0.4) is 0 Å². The molecule has 0 aliphatic carbocycles. The SMILES string of the molecule is Cc1cc(C)c2oc3c(c(=O)c2c1)C(c1ccccc1)N(Cc1ccccc1)C3=O. The highest BCUT2D eigenvalue weighted by Gasteiger charge is 2.42. The van der Waals surface area contributed by atoms with Crippen molar-refractivity contribution in [1.82, 2.24) is 4.90 Å². The zero-order valence-corrected chi connectivity index (χ0v) is 16.9. The molecule has 0 spiro atoms. The van der Waals surface area contributed by atoms with E-state index in [4.69, 9.17) is 4.42 Å². The average Bonchev–Trinajstić information content (AvgIpc) is 3.02. The van der Waals surface area contributed by atoms with E-state index in [9.17, 15) is 9.59 Å². The van der Waals surface area contributed by atoms with Crippen molar-refractivity contribution in [2.24, 2.45) is 0 Å². The Labute approximate surface area is 174 Å². The number of rotatable bonds is 3. The summed E-state index contributed by atoms with van der Waals surface area (Å²) >= 11 is 0. The minimum atomic E-state index is -0.477. The van der Waals surface area contributed by atoms with Crippen LogP contribution in [0.15, 0.2) is 82.0 Å². The van der Waals surface area contributed by atoms with Gasteiger partial charge in [0, 0.05) is 6.54 Å². The molecule has 0 radical (unpaired) electrons. The van der Waals surface area contributed by atoms with E-state index in [-0.39, 0.29) is 17.1 Å². The summed E-state index contributed by atoms with van der Waals surface area (Å²) in [6.07, 6.45) is 0. The molecule has 0 saturated heterocycles. The smallest absolute Gasteiger partial charge is 0.291 e. The first-order chi connectivity index (χ1) is 14.5. The Morgan fingerprint density at radius 2 is 1.57 bits per heavy atom. The van der Waals surface area contributed by atoms with Crippen LogP contribution >= 0.6 is 0 Å². The molecule has 1 amide bonds. The van der Waals surface area contributed by atoms with Crippen LogP contribution in [0.4, 0.5) is 0 Å². The van der Waals surface area contributed by atoms with E-state index in [2.05, 4.69) is 0 Å². The van der Waals surface area contributed by atoms with Gasteiger partial charge in [-0.15, -0.1) is 0 Å². The van der Waals surface area contributed by atoms with Crippen LogP contribution in [0.1, 0.15) is 44.4 Å². The van der Waals surface area contributed by atoms with E-state index in [1.807, 2.05) is 86.6 Å².